The fourth-order valence-electron chi connectivity index (χ4n) is 2.64. The molecule has 0 heterocycles. The molecule has 0 aliphatic rings. The molecule has 1 N–H and O–H groups in total. The third kappa shape index (κ3) is 4.78. The number of rotatable bonds is 8. The molecule has 0 bridgehead atoms. The van der Waals surface area contributed by atoms with Gasteiger partial charge in [-0.05, 0) is 43.5 Å². The van der Waals surface area contributed by atoms with Crippen molar-refractivity contribution < 1.29 is 0 Å². The van der Waals surface area contributed by atoms with E-state index in [-0.39, 0.29) is 0 Å². The van der Waals surface area contributed by atoms with Gasteiger partial charge in [0.25, 0.3) is 0 Å². The Balaban J connectivity index is 3.03. The Kier molecular flexibility index (Phi) is 7.60. The normalized spacial score (nSPS) is 11.4. The van der Waals surface area contributed by atoms with Crippen molar-refractivity contribution in [3.63, 3.8) is 0 Å². The molecular weight excluding hydrogens is 312 g/mol. The Morgan fingerprint density at radius 2 is 1.85 bits per heavy atom. The maximum absolute atomic E-state index is 3.71. The molecule has 3 heteroatoms. The summed E-state index contributed by atoms with van der Waals surface area (Å²) in [7, 11) is 1.98. The van der Waals surface area contributed by atoms with Crippen LogP contribution >= 0.6 is 15.9 Å². The van der Waals surface area contributed by atoms with E-state index in [0.717, 1.165) is 13.1 Å². The first-order valence-corrected chi connectivity index (χ1v) is 8.52. The summed E-state index contributed by atoms with van der Waals surface area (Å²) in [6.45, 7) is 11.2. The Labute approximate surface area is 133 Å². The van der Waals surface area contributed by atoms with Gasteiger partial charge in [0, 0.05) is 29.3 Å². The van der Waals surface area contributed by atoms with Crippen LogP contribution in [0.2, 0.25) is 0 Å². The topological polar surface area (TPSA) is 15.3 Å². The number of nitrogens with zero attached hydrogens (tertiary/aromatic N) is 1. The quantitative estimate of drug-likeness (QED) is 0.729. The van der Waals surface area contributed by atoms with Gasteiger partial charge >= 0.3 is 0 Å². The molecule has 0 aliphatic heterocycles. The summed E-state index contributed by atoms with van der Waals surface area (Å²) < 4.78 is 1.20. The molecule has 2 nitrogen and oxygen atoms in total. The lowest BCUT2D eigenvalue weighted by molar-refractivity contribution is 0.507. The Morgan fingerprint density at radius 1 is 1.20 bits per heavy atom. The minimum Gasteiger partial charge on any atom is -0.368 e. The van der Waals surface area contributed by atoms with E-state index in [0.29, 0.717) is 12.0 Å². The molecule has 0 spiro atoms. The molecule has 0 radical (unpaired) electrons. The fraction of sp³-hybridized carbons (Fsp3) is 0.647. The van der Waals surface area contributed by atoms with Crippen molar-refractivity contribution in [2.45, 2.75) is 53.1 Å². The van der Waals surface area contributed by atoms with Crippen LogP contribution in [0, 0.1) is 5.92 Å². The zero-order chi connectivity index (χ0) is 15.1. The van der Waals surface area contributed by atoms with E-state index in [1.807, 2.05) is 7.05 Å². The van der Waals surface area contributed by atoms with Crippen molar-refractivity contribution >= 4 is 21.6 Å². The van der Waals surface area contributed by atoms with E-state index >= 15 is 0 Å². The third-order valence-corrected chi connectivity index (χ3v) is 4.42. The standard InChI is InChI=1S/C17H29BrN2/c1-6-15(7-2)20(12-13(3)4)16-9-8-14(11-19-5)17(18)10-16/h8-10,13,15,19H,6-7,11-12H2,1-5H3. The molecule has 0 saturated carbocycles. The van der Waals surface area contributed by atoms with Crippen LogP contribution in [-0.2, 0) is 6.54 Å². The molecule has 0 fully saturated rings. The second kappa shape index (κ2) is 8.68. The average molecular weight is 341 g/mol. The fourth-order valence-corrected chi connectivity index (χ4v) is 3.14. The van der Waals surface area contributed by atoms with Gasteiger partial charge in [0.2, 0.25) is 0 Å². The number of hydrogen-bond donors (Lipinski definition) is 1. The number of benzene rings is 1. The van der Waals surface area contributed by atoms with E-state index in [9.17, 15) is 0 Å². The number of anilines is 1. The average Bonchev–Trinajstić information content (AvgIpc) is 2.41. The van der Waals surface area contributed by atoms with Crippen LogP contribution in [-0.4, -0.2) is 19.6 Å². The van der Waals surface area contributed by atoms with Gasteiger partial charge in [0.1, 0.15) is 0 Å². The molecule has 0 unspecified atom stereocenters. The molecule has 0 amide bonds. The van der Waals surface area contributed by atoms with Gasteiger partial charge in [-0.3, -0.25) is 0 Å². The second-order valence-electron chi connectivity index (χ2n) is 5.82. The van der Waals surface area contributed by atoms with Crippen molar-refractivity contribution in [2.24, 2.45) is 5.92 Å². The van der Waals surface area contributed by atoms with Gasteiger partial charge in [-0.15, -0.1) is 0 Å². The molecular formula is C17H29BrN2. The van der Waals surface area contributed by atoms with Crippen molar-refractivity contribution in [1.29, 1.82) is 0 Å². The maximum Gasteiger partial charge on any atom is 0.0380 e. The van der Waals surface area contributed by atoms with Crippen molar-refractivity contribution in [3.8, 4) is 0 Å². The highest BCUT2D eigenvalue weighted by Gasteiger charge is 2.17. The summed E-state index contributed by atoms with van der Waals surface area (Å²) in [6, 6.07) is 7.39. The van der Waals surface area contributed by atoms with Gasteiger partial charge in [-0.1, -0.05) is 49.7 Å². The van der Waals surface area contributed by atoms with Crippen molar-refractivity contribution in [1.82, 2.24) is 5.32 Å². The molecule has 114 valence electrons. The number of hydrogen-bond acceptors (Lipinski definition) is 2. The molecule has 0 saturated heterocycles. The second-order valence-corrected chi connectivity index (χ2v) is 6.68. The molecule has 0 aliphatic carbocycles. The lowest BCUT2D eigenvalue weighted by Gasteiger charge is -2.34. The Morgan fingerprint density at radius 3 is 2.30 bits per heavy atom. The van der Waals surface area contributed by atoms with Crippen molar-refractivity contribution in [2.75, 3.05) is 18.5 Å². The van der Waals surface area contributed by atoms with E-state index < -0.39 is 0 Å². The van der Waals surface area contributed by atoms with Crippen LogP contribution in [0.5, 0.6) is 0 Å². The molecule has 0 atom stereocenters. The van der Waals surface area contributed by atoms with Gasteiger partial charge in [-0.2, -0.15) is 0 Å². The summed E-state index contributed by atoms with van der Waals surface area (Å²) in [5, 5.41) is 3.21. The summed E-state index contributed by atoms with van der Waals surface area (Å²) in [5.41, 5.74) is 2.64. The van der Waals surface area contributed by atoms with Gasteiger partial charge in [-0.25, -0.2) is 0 Å². The number of nitrogens with one attached hydrogen (secondary N) is 1. The summed E-state index contributed by atoms with van der Waals surface area (Å²) in [5.74, 6) is 0.673. The maximum atomic E-state index is 3.71. The van der Waals surface area contributed by atoms with Crippen LogP contribution in [0.15, 0.2) is 22.7 Å². The zero-order valence-corrected chi connectivity index (χ0v) is 15.1. The van der Waals surface area contributed by atoms with Crippen molar-refractivity contribution in [3.05, 3.63) is 28.2 Å². The first-order chi connectivity index (χ1) is 9.53. The SMILES string of the molecule is CCC(CC)N(CC(C)C)c1ccc(CNC)c(Br)c1. The molecule has 1 rings (SSSR count). The largest absolute Gasteiger partial charge is 0.368 e. The lowest BCUT2D eigenvalue weighted by Crippen LogP contribution is -2.37. The van der Waals surface area contributed by atoms with Crippen LogP contribution in [0.3, 0.4) is 0 Å². The highest BCUT2D eigenvalue weighted by atomic mass is 79.9. The Hall–Kier alpha value is -0.540. The molecule has 1 aromatic carbocycles. The molecule has 1 aromatic rings. The van der Waals surface area contributed by atoms with Gasteiger partial charge in [0.15, 0.2) is 0 Å². The van der Waals surface area contributed by atoms with E-state index in [2.05, 4.69) is 72.0 Å². The first-order valence-electron chi connectivity index (χ1n) is 7.73. The zero-order valence-electron chi connectivity index (χ0n) is 13.5. The third-order valence-electron chi connectivity index (χ3n) is 3.68. The summed E-state index contributed by atoms with van der Waals surface area (Å²) >= 11 is 3.71. The highest BCUT2D eigenvalue weighted by Crippen LogP contribution is 2.27. The minimum absolute atomic E-state index is 0.624. The monoisotopic (exact) mass is 340 g/mol. The van der Waals surface area contributed by atoms with Crippen LogP contribution in [0.4, 0.5) is 5.69 Å². The predicted octanol–water partition coefficient (Wildman–Crippen LogP) is 4.82. The number of halogens is 1. The summed E-state index contributed by atoms with van der Waals surface area (Å²) in [6.07, 6.45) is 2.39. The van der Waals surface area contributed by atoms with Crippen LogP contribution < -0.4 is 10.2 Å². The van der Waals surface area contributed by atoms with E-state index in [1.54, 1.807) is 0 Å². The predicted molar refractivity (Wildman–Crippen MR) is 93.5 cm³/mol. The molecule has 0 aromatic heterocycles. The molecule has 20 heavy (non-hydrogen) atoms. The minimum atomic E-state index is 0.624. The summed E-state index contributed by atoms with van der Waals surface area (Å²) in [4.78, 5) is 2.57. The van der Waals surface area contributed by atoms with Crippen LogP contribution in [0.25, 0.3) is 0 Å². The van der Waals surface area contributed by atoms with Gasteiger partial charge in [0.05, 0.1) is 0 Å². The lowest BCUT2D eigenvalue weighted by atomic mass is 10.1. The van der Waals surface area contributed by atoms with E-state index in [4.69, 9.17) is 0 Å². The first kappa shape index (κ1) is 17.5. The van der Waals surface area contributed by atoms with Crippen LogP contribution in [0.1, 0.15) is 46.1 Å². The smallest absolute Gasteiger partial charge is 0.0380 e. The highest BCUT2D eigenvalue weighted by molar-refractivity contribution is 9.10. The van der Waals surface area contributed by atoms with E-state index in [1.165, 1.54) is 28.6 Å². The van der Waals surface area contributed by atoms with Gasteiger partial charge < -0.3 is 10.2 Å². The Bertz CT molecular complexity index is 400.